The summed E-state index contributed by atoms with van der Waals surface area (Å²) >= 11 is 0. The Labute approximate surface area is 195 Å². The van der Waals surface area contributed by atoms with E-state index in [-0.39, 0.29) is 0 Å². The highest BCUT2D eigenvalue weighted by Crippen LogP contribution is 2.31. The van der Waals surface area contributed by atoms with E-state index in [0.717, 1.165) is 31.1 Å². The van der Waals surface area contributed by atoms with Gasteiger partial charge in [0.1, 0.15) is 0 Å². The van der Waals surface area contributed by atoms with Crippen molar-refractivity contribution in [1.29, 1.82) is 0 Å². The van der Waals surface area contributed by atoms with Crippen LogP contribution in [0.5, 0.6) is 0 Å². The van der Waals surface area contributed by atoms with Crippen molar-refractivity contribution in [3.63, 3.8) is 0 Å². The van der Waals surface area contributed by atoms with E-state index in [9.17, 15) is 0 Å². The highest BCUT2D eigenvalue weighted by Gasteiger charge is 2.17. The molecule has 1 saturated carbocycles. The zero-order valence-electron chi connectivity index (χ0n) is 20.0. The number of rotatable bonds is 11. The Hall–Kier alpha value is -2.38. The maximum absolute atomic E-state index is 5.17. The zero-order chi connectivity index (χ0) is 22.4. The molecule has 0 N–H and O–H groups in total. The van der Waals surface area contributed by atoms with Gasteiger partial charge in [-0.3, -0.25) is 0 Å². The fourth-order valence-electron chi connectivity index (χ4n) is 4.59. The van der Waals surface area contributed by atoms with Crippen LogP contribution in [-0.2, 0) is 30.6 Å². The minimum absolute atomic E-state index is 0.680. The van der Waals surface area contributed by atoms with Gasteiger partial charge < -0.3 is 4.74 Å². The van der Waals surface area contributed by atoms with Crippen LogP contribution in [0, 0.1) is 11.8 Å². The van der Waals surface area contributed by atoms with Crippen molar-refractivity contribution in [1.82, 2.24) is 0 Å². The Kier molecular flexibility index (Phi) is 10.5. The van der Waals surface area contributed by atoms with E-state index in [0.29, 0.717) is 6.61 Å². The molecule has 0 spiro atoms. The molecular formula is C31H40O. The number of hydrogen-bond donors (Lipinski definition) is 0. The third kappa shape index (κ3) is 8.63. The van der Waals surface area contributed by atoms with Gasteiger partial charge in [0.05, 0.1) is 6.61 Å². The summed E-state index contributed by atoms with van der Waals surface area (Å²) in [6.07, 6.45) is 23.7. The van der Waals surface area contributed by atoms with Crippen molar-refractivity contribution in [2.75, 3.05) is 7.11 Å². The summed E-state index contributed by atoms with van der Waals surface area (Å²) in [7, 11) is 1.73. The van der Waals surface area contributed by atoms with Gasteiger partial charge in [-0.25, -0.2) is 0 Å². The SMILES string of the molecule is C/C=C\[C@H]1CC[C@H](C/C=C/Cc2ccc(C/C=C/Cc3ccc(COC)cc3)cc2)CC1. The van der Waals surface area contributed by atoms with Crippen molar-refractivity contribution in [3.05, 3.63) is 107 Å². The van der Waals surface area contributed by atoms with Gasteiger partial charge in [-0.05, 0) is 92.4 Å². The molecule has 0 amide bonds. The maximum Gasteiger partial charge on any atom is 0.0713 e. The molecule has 170 valence electrons. The number of benzene rings is 2. The van der Waals surface area contributed by atoms with Crippen LogP contribution in [0.4, 0.5) is 0 Å². The fraction of sp³-hybridized carbons (Fsp3) is 0.419. The van der Waals surface area contributed by atoms with E-state index in [4.69, 9.17) is 4.74 Å². The average molecular weight is 429 g/mol. The topological polar surface area (TPSA) is 9.23 Å². The average Bonchev–Trinajstić information content (AvgIpc) is 2.83. The number of hydrogen-bond acceptors (Lipinski definition) is 1. The molecule has 32 heavy (non-hydrogen) atoms. The van der Waals surface area contributed by atoms with E-state index in [1.165, 1.54) is 54.4 Å². The van der Waals surface area contributed by atoms with Crippen LogP contribution >= 0.6 is 0 Å². The molecule has 1 nitrogen and oxygen atoms in total. The Balaban J connectivity index is 1.34. The monoisotopic (exact) mass is 428 g/mol. The first-order chi connectivity index (χ1) is 15.8. The molecule has 0 atom stereocenters. The van der Waals surface area contributed by atoms with Crippen LogP contribution in [-0.4, -0.2) is 7.11 Å². The van der Waals surface area contributed by atoms with E-state index < -0.39 is 0 Å². The first-order valence-electron chi connectivity index (χ1n) is 12.3. The molecule has 1 aliphatic rings. The Morgan fingerprint density at radius 3 is 1.62 bits per heavy atom. The molecule has 3 rings (SSSR count). The van der Waals surface area contributed by atoms with E-state index in [1.54, 1.807) is 7.11 Å². The quantitative estimate of drug-likeness (QED) is 0.329. The smallest absolute Gasteiger partial charge is 0.0713 e. The molecule has 1 fully saturated rings. The Morgan fingerprint density at radius 1 is 0.688 bits per heavy atom. The number of methoxy groups -OCH3 is 1. The van der Waals surface area contributed by atoms with Gasteiger partial charge >= 0.3 is 0 Å². The second-order valence-electron chi connectivity index (χ2n) is 9.16. The molecule has 0 unspecified atom stereocenters. The van der Waals surface area contributed by atoms with Gasteiger partial charge in [0.15, 0.2) is 0 Å². The largest absolute Gasteiger partial charge is 0.380 e. The van der Waals surface area contributed by atoms with Gasteiger partial charge in [-0.1, -0.05) is 85.0 Å². The molecule has 1 heteroatoms. The Bertz CT molecular complexity index is 846. The zero-order valence-corrected chi connectivity index (χ0v) is 20.0. The lowest BCUT2D eigenvalue weighted by molar-refractivity contribution is 0.185. The van der Waals surface area contributed by atoms with E-state index in [2.05, 4.69) is 91.9 Å². The molecule has 1 aliphatic carbocycles. The molecule has 0 saturated heterocycles. The summed E-state index contributed by atoms with van der Waals surface area (Å²) in [5, 5.41) is 0. The fourth-order valence-corrected chi connectivity index (χ4v) is 4.59. The lowest BCUT2D eigenvalue weighted by Gasteiger charge is -2.25. The summed E-state index contributed by atoms with van der Waals surface area (Å²) in [4.78, 5) is 0. The lowest BCUT2D eigenvalue weighted by Crippen LogP contribution is -2.12. The molecule has 0 aliphatic heterocycles. The summed E-state index contributed by atoms with van der Waals surface area (Å²) in [5.41, 5.74) is 5.35. The lowest BCUT2D eigenvalue weighted by atomic mass is 9.80. The molecule has 0 bridgehead atoms. The van der Waals surface area contributed by atoms with Gasteiger partial charge in [0.2, 0.25) is 0 Å². The Morgan fingerprint density at radius 2 is 1.16 bits per heavy atom. The number of allylic oxidation sites excluding steroid dienone is 6. The van der Waals surface area contributed by atoms with Crippen molar-refractivity contribution >= 4 is 0 Å². The van der Waals surface area contributed by atoms with Crippen LogP contribution in [0.2, 0.25) is 0 Å². The van der Waals surface area contributed by atoms with Crippen molar-refractivity contribution in [2.45, 2.75) is 64.9 Å². The standard InChI is InChI=1S/C31H40O/c1-3-8-26-13-15-27(16-14-26)9-4-5-10-28-17-19-29(20-18-28)11-6-7-12-30-21-23-31(24-22-30)25-32-2/h3-8,17-24,26-27H,9-16,25H2,1-2H3/b5-4+,7-6+,8-3-/t26-,27-. The molecule has 0 heterocycles. The predicted molar refractivity (Wildman–Crippen MR) is 138 cm³/mol. The first kappa shape index (κ1) is 24.3. The van der Waals surface area contributed by atoms with E-state index >= 15 is 0 Å². The van der Waals surface area contributed by atoms with Gasteiger partial charge in [0.25, 0.3) is 0 Å². The van der Waals surface area contributed by atoms with Crippen LogP contribution in [0.25, 0.3) is 0 Å². The predicted octanol–water partition coefficient (Wildman–Crippen LogP) is 8.05. The number of ether oxygens (including phenoxy) is 1. The summed E-state index contributed by atoms with van der Waals surface area (Å²) in [6.45, 7) is 2.82. The van der Waals surface area contributed by atoms with Gasteiger partial charge in [-0.2, -0.15) is 0 Å². The molecule has 0 aromatic heterocycles. The molecule has 2 aromatic carbocycles. The van der Waals surface area contributed by atoms with E-state index in [1.807, 2.05) is 0 Å². The van der Waals surface area contributed by atoms with Crippen molar-refractivity contribution < 1.29 is 4.74 Å². The second kappa shape index (κ2) is 13.9. The summed E-state index contributed by atoms with van der Waals surface area (Å²) in [5.74, 6) is 1.73. The summed E-state index contributed by atoms with van der Waals surface area (Å²) in [6, 6.07) is 17.8. The molecular weight excluding hydrogens is 388 g/mol. The molecule has 2 aromatic rings. The van der Waals surface area contributed by atoms with Crippen LogP contribution < -0.4 is 0 Å². The van der Waals surface area contributed by atoms with Crippen LogP contribution in [0.1, 0.15) is 61.3 Å². The third-order valence-corrected chi connectivity index (χ3v) is 6.58. The first-order valence-corrected chi connectivity index (χ1v) is 12.3. The normalized spacial score (nSPS) is 19.4. The van der Waals surface area contributed by atoms with Gasteiger partial charge in [-0.15, -0.1) is 0 Å². The minimum atomic E-state index is 0.680. The van der Waals surface area contributed by atoms with Gasteiger partial charge in [0, 0.05) is 7.11 Å². The third-order valence-electron chi connectivity index (χ3n) is 6.58. The van der Waals surface area contributed by atoms with Crippen molar-refractivity contribution in [2.24, 2.45) is 11.8 Å². The maximum atomic E-state index is 5.17. The highest BCUT2D eigenvalue weighted by molar-refractivity contribution is 5.27. The van der Waals surface area contributed by atoms with Crippen LogP contribution in [0.15, 0.2) is 85.0 Å². The highest BCUT2D eigenvalue weighted by atomic mass is 16.5. The summed E-state index contributed by atoms with van der Waals surface area (Å²) < 4.78 is 5.17. The second-order valence-corrected chi connectivity index (χ2v) is 9.16. The molecule has 0 radical (unpaired) electrons. The minimum Gasteiger partial charge on any atom is -0.380 e. The van der Waals surface area contributed by atoms with Crippen LogP contribution in [0.3, 0.4) is 0 Å². The van der Waals surface area contributed by atoms with Crippen molar-refractivity contribution in [3.8, 4) is 0 Å².